The minimum absolute atomic E-state index is 0.243. The first-order valence-corrected chi connectivity index (χ1v) is 9.10. The van der Waals surface area contributed by atoms with Gasteiger partial charge in [-0.15, -0.1) is 0 Å². The number of carbonyl (C=O) groups is 1. The van der Waals surface area contributed by atoms with E-state index in [9.17, 15) is 10.0 Å². The third-order valence-corrected chi connectivity index (χ3v) is 5.26. The van der Waals surface area contributed by atoms with Crippen molar-refractivity contribution >= 4 is 33.2 Å². The number of amides is 1. The van der Waals surface area contributed by atoms with Gasteiger partial charge in [-0.25, -0.2) is 5.06 Å². The number of hydroxylamine groups is 1. The minimum atomic E-state index is -1.23. The smallest absolute Gasteiger partial charge is 0.257 e. The molecule has 0 spiro atoms. The number of nitrogens with zero attached hydrogens (tertiary/aromatic N) is 1. The monoisotopic (exact) mass is 408 g/mol. The van der Waals surface area contributed by atoms with Crippen molar-refractivity contribution in [3.63, 3.8) is 0 Å². The summed E-state index contributed by atoms with van der Waals surface area (Å²) < 4.78 is 0.968. The molecule has 5 heteroatoms. The molecular formula is C21H17BrN2O2. The quantitative estimate of drug-likeness (QED) is 0.613. The summed E-state index contributed by atoms with van der Waals surface area (Å²) in [7, 11) is 0. The summed E-state index contributed by atoms with van der Waals surface area (Å²) in [5.74, 6) is -0.243. The van der Waals surface area contributed by atoms with Crippen LogP contribution in [0.15, 0.2) is 83.3 Å². The number of anilines is 2. The van der Waals surface area contributed by atoms with Crippen LogP contribution in [0.5, 0.6) is 0 Å². The molecule has 0 aliphatic carbocycles. The summed E-state index contributed by atoms with van der Waals surface area (Å²) in [6.45, 7) is 0. The maximum absolute atomic E-state index is 13.1. The molecule has 4 rings (SSSR count). The lowest BCUT2D eigenvalue weighted by Crippen LogP contribution is -2.51. The molecule has 0 unspecified atom stereocenters. The predicted molar refractivity (Wildman–Crippen MR) is 105 cm³/mol. The number of rotatable bonds is 4. The second-order valence-electron chi connectivity index (χ2n) is 6.31. The average molecular weight is 409 g/mol. The lowest BCUT2D eigenvalue weighted by atomic mass is 9.84. The number of hydrogen-bond acceptors (Lipinski definition) is 3. The van der Waals surface area contributed by atoms with Crippen LogP contribution in [0.25, 0.3) is 0 Å². The van der Waals surface area contributed by atoms with E-state index in [-0.39, 0.29) is 5.91 Å². The van der Waals surface area contributed by atoms with E-state index < -0.39 is 5.54 Å². The van der Waals surface area contributed by atoms with Gasteiger partial charge in [0.05, 0.1) is 5.69 Å². The second-order valence-corrected chi connectivity index (χ2v) is 7.23. The number of nitrogens with one attached hydrogen (secondary N) is 1. The van der Waals surface area contributed by atoms with Crippen LogP contribution >= 0.6 is 15.9 Å². The zero-order chi connectivity index (χ0) is 18.1. The van der Waals surface area contributed by atoms with E-state index in [1.54, 1.807) is 12.1 Å². The Labute approximate surface area is 160 Å². The highest BCUT2D eigenvalue weighted by Crippen LogP contribution is 2.44. The van der Waals surface area contributed by atoms with Gasteiger partial charge in [-0.3, -0.25) is 10.0 Å². The third-order valence-electron chi connectivity index (χ3n) is 4.73. The summed E-state index contributed by atoms with van der Waals surface area (Å²) >= 11 is 3.44. The van der Waals surface area contributed by atoms with Crippen LogP contribution in [0.3, 0.4) is 0 Å². The Morgan fingerprint density at radius 3 is 2.31 bits per heavy atom. The van der Waals surface area contributed by atoms with Crippen molar-refractivity contribution in [2.45, 2.75) is 12.0 Å². The normalized spacial score (nSPS) is 18.3. The molecule has 0 saturated heterocycles. The average Bonchev–Trinajstić information content (AvgIpc) is 2.96. The molecule has 1 amide bonds. The lowest BCUT2D eigenvalue weighted by molar-refractivity contribution is -0.123. The fourth-order valence-corrected chi connectivity index (χ4v) is 3.71. The zero-order valence-corrected chi connectivity index (χ0v) is 15.5. The predicted octanol–water partition coefficient (Wildman–Crippen LogP) is 4.74. The first-order valence-electron chi connectivity index (χ1n) is 8.31. The Morgan fingerprint density at radius 1 is 0.923 bits per heavy atom. The van der Waals surface area contributed by atoms with E-state index in [4.69, 9.17) is 0 Å². The van der Waals surface area contributed by atoms with Crippen molar-refractivity contribution in [3.05, 3.63) is 94.5 Å². The van der Waals surface area contributed by atoms with Gasteiger partial charge in [0.15, 0.2) is 5.54 Å². The molecule has 0 saturated carbocycles. The minimum Gasteiger partial charge on any atom is -0.323 e. The molecule has 1 aliphatic rings. The molecule has 1 aliphatic heterocycles. The van der Waals surface area contributed by atoms with Crippen molar-refractivity contribution in [1.82, 2.24) is 0 Å². The highest BCUT2D eigenvalue weighted by molar-refractivity contribution is 9.10. The van der Waals surface area contributed by atoms with Crippen molar-refractivity contribution in [2.75, 3.05) is 10.4 Å². The maximum atomic E-state index is 13.1. The molecular weight excluding hydrogens is 392 g/mol. The van der Waals surface area contributed by atoms with Gasteiger partial charge in [0, 0.05) is 22.1 Å². The second kappa shape index (κ2) is 6.59. The molecule has 130 valence electrons. The number of fused-ring (bicyclic) bond motifs is 1. The molecule has 3 aromatic carbocycles. The molecule has 1 heterocycles. The van der Waals surface area contributed by atoms with Gasteiger partial charge < -0.3 is 5.32 Å². The van der Waals surface area contributed by atoms with Gasteiger partial charge in [0.1, 0.15) is 0 Å². The number of carbonyl (C=O) groups excluding carboxylic acids is 1. The van der Waals surface area contributed by atoms with Gasteiger partial charge in [0.25, 0.3) is 5.91 Å². The number of hydrogen-bond donors (Lipinski definition) is 2. The molecule has 3 aromatic rings. The lowest BCUT2D eigenvalue weighted by Gasteiger charge is -2.36. The van der Waals surface area contributed by atoms with Gasteiger partial charge >= 0.3 is 0 Å². The summed E-state index contributed by atoms with van der Waals surface area (Å²) in [4.78, 5) is 13.1. The zero-order valence-electron chi connectivity index (χ0n) is 13.9. The van der Waals surface area contributed by atoms with Crippen LogP contribution in [0.4, 0.5) is 11.4 Å². The highest BCUT2D eigenvalue weighted by Gasteiger charge is 2.51. The standard InChI is InChI=1S/C21H17BrN2O2/c22-16-12-10-15(11-13-16)14-21(24(26)17-6-2-1-3-7-17)18-8-4-5-9-19(18)23-20(21)25/h1-13,26H,14H2,(H,23,25)/t21-/m1/s1. The van der Waals surface area contributed by atoms with E-state index in [0.717, 1.165) is 26.4 Å². The Kier molecular flexibility index (Phi) is 4.26. The Bertz CT molecular complexity index is 944. The van der Waals surface area contributed by atoms with Crippen molar-refractivity contribution in [2.24, 2.45) is 0 Å². The van der Waals surface area contributed by atoms with E-state index in [1.807, 2.05) is 66.7 Å². The molecule has 1 atom stereocenters. The first kappa shape index (κ1) is 16.8. The summed E-state index contributed by atoms with van der Waals surface area (Å²) in [5, 5.41) is 15.2. The van der Waals surface area contributed by atoms with Gasteiger partial charge in [0.2, 0.25) is 0 Å². The Balaban J connectivity index is 1.87. The van der Waals surface area contributed by atoms with Crippen molar-refractivity contribution < 1.29 is 10.0 Å². The summed E-state index contributed by atoms with van der Waals surface area (Å²) in [6, 6.07) is 24.4. The highest BCUT2D eigenvalue weighted by atomic mass is 79.9. The first-order chi connectivity index (χ1) is 12.6. The van der Waals surface area contributed by atoms with E-state index in [2.05, 4.69) is 21.2 Å². The molecule has 4 nitrogen and oxygen atoms in total. The fourth-order valence-electron chi connectivity index (χ4n) is 3.45. The topological polar surface area (TPSA) is 52.6 Å². The molecule has 0 aromatic heterocycles. The number of halogens is 1. The van der Waals surface area contributed by atoms with Crippen LogP contribution in [-0.2, 0) is 16.8 Å². The maximum Gasteiger partial charge on any atom is 0.257 e. The van der Waals surface area contributed by atoms with Gasteiger partial charge in [-0.05, 0) is 35.9 Å². The largest absolute Gasteiger partial charge is 0.323 e. The fraction of sp³-hybridized carbons (Fsp3) is 0.0952. The molecule has 0 bridgehead atoms. The van der Waals surface area contributed by atoms with E-state index in [1.165, 1.54) is 0 Å². The summed E-state index contributed by atoms with van der Waals surface area (Å²) in [5.41, 5.74) is 1.78. The van der Waals surface area contributed by atoms with Crippen LogP contribution in [0, 0.1) is 0 Å². The van der Waals surface area contributed by atoms with Gasteiger partial charge in [-0.2, -0.15) is 0 Å². The number of para-hydroxylation sites is 2. The van der Waals surface area contributed by atoms with Crippen molar-refractivity contribution in [1.29, 1.82) is 0 Å². The van der Waals surface area contributed by atoms with E-state index in [0.29, 0.717) is 12.1 Å². The molecule has 2 N–H and O–H groups in total. The SMILES string of the molecule is O=C1Nc2ccccc2[C@@]1(Cc1ccc(Br)cc1)N(O)c1ccccc1. The third kappa shape index (κ3) is 2.69. The van der Waals surface area contributed by atoms with Crippen LogP contribution in [-0.4, -0.2) is 11.1 Å². The molecule has 0 fully saturated rings. The Morgan fingerprint density at radius 2 is 1.58 bits per heavy atom. The molecule has 0 radical (unpaired) electrons. The van der Waals surface area contributed by atoms with Crippen LogP contribution in [0.2, 0.25) is 0 Å². The number of benzene rings is 3. The van der Waals surface area contributed by atoms with Crippen LogP contribution in [0.1, 0.15) is 11.1 Å². The Hall–Kier alpha value is -2.63. The summed E-state index contributed by atoms with van der Waals surface area (Å²) in [6.07, 6.45) is 0.342. The molecule has 26 heavy (non-hydrogen) atoms. The van der Waals surface area contributed by atoms with E-state index >= 15 is 0 Å². The van der Waals surface area contributed by atoms with Crippen molar-refractivity contribution in [3.8, 4) is 0 Å². The van der Waals surface area contributed by atoms with Gasteiger partial charge in [-0.1, -0.05) is 64.5 Å². The van der Waals surface area contributed by atoms with Crippen LogP contribution < -0.4 is 10.4 Å².